The van der Waals surface area contributed by atoms with Crippen LogP contribution in [0.25, 0.3) is 0 Å². The molecule has 0 spiro atoms. The van der Waals surface area contributed by atoms with Crippen LogP contribution in [0.2, 0.25) is 0 Å². The van der Waals surface area contributed by atoms with Crippen LogP contribution in [0.5, 0.6) is 0 Å². The Labute approximate surface area is 63.5 Å². The minimum absolute atomic E-state index is 0.665. The minimum atomic E-state index is 0.665. The molecule has 44 valence electrons. The van der Waals surface area contributed by atoms with Gasteiger partial charge in [-0.25, -0.2) is 4.98 Å². The zero-order valence-electron chi connectivity index (χ0n) is 3.90. The fraction of sp³-hybridized carbons (Fsp3) is 0.250. The number of halogens is 2. The molecule has 0 atom stereocenters. The average molecular weight is 241 g/mol. The quantitative estimate of drug-likeness (QED) is 0.705. The van der Waals surface area contributed by atoms with E-state index in [9.17, 15) is 0 Å². The van der Waals surface area contributed by atoms with Crippen LogP contribution < -0.4 is 0 Å². The molecule has 1 rings (SSSR count). The first-order valence-corrected chi connectivity index (χ1v) is 3.90. The molecule has 0 aromatic carbocycles. The van der Waals surface area contributed by atoms with Gasteiger partial charge >= 0.3 is 0 Å². The number of hydrogen-bond acceptors (Lipinski definition) is 2. The van der Waals surface area contributed by atoms with Crippen LogP contribution in [0.1, 0.15) is 5.89 Å². The van der Waals surface area contributed by atoms with Gasteiger partial charge < -0.3 is 4.42 Å². The largest absolute Gasteiger partial charge is 0.447 e. The number of alkyl halides is 1. The molecule has 0 fully saturated rings. The van der Waals surface area contributed by atoms with Gasteiger partial charge in [0.15, 0.2) is 0 Å². The topological polar surface area (TPSA) is 26.0 Å². The second-order valence-corrected chi connectivity index (χ2v) is 2.57. The van der Waals surface area contributed by atoms with Crippen molar-refractivity contribution in [2.45, 2.75) is 5.33 Å². The molecule has 0 aliphatic heterocycles. The van der Waals surface area contributed by atoms with Gasteiger partial charge in [-0.1, -0.05) is 15.9 Å². The first-order valence-electron chi connectivity index (χ1n) is 1.99. The third-order valence-electron chi connectivity index (χ3n) is 0.638. The van der Waals surface area contributed by atoms with Gasteiger partial charge in [-0.05, 0) is 15.9 Å². The van der Waals surface area contributed by atoms with Crippen molar-refractivity contribution in [3.8, 4) is 0 Å². The maximum absolute atomic E-state index is 4.91. The maximum Gasteiger partial charge on any atom is 0.205 e. The summed E-state index contributed by atoms with van der Waals surface area (Å²) in [5, 5.41) is 0.665. The van der Waals surface area contributed by atoms with E-state index in [2.05, 4.69) is 36.8 Å². The van der Waals surface area contributed by atoms with E-state index in [1.165, 1.54) is 0 Å². The Kier molecular flexibility index (Phi) is 2.08. The highest BCUT2D eigenvalue weighted by molar-refractivity contribution is 9.10. The molecule has 0 unspecified atom stereocenters. The smallest absolute Gasteiger partial charge is 0.205 e. The maximum atomic E-state index is 4.91. The lowest BCUT2D eigenvalue weighted by molar-refractivity contribution is 0.518. The molecule has 1 aromatic heterocycles. The van der Waals surface area contributed by atoms with Crippen LogP contribution in [-0.2, 0) is 5.33 Å². The third kappa shape index (κ3) is 1.32. The lowest BCUT2D eigenvalue weighted by Gasteiger charge is -1.76. The highest BCUT2D eigenvalue weighted by Gasteiger charge is 1.95. The summed E-state index contributed by atoms with van der Waals surface area (Å²) >= 11 is 6.34. The standard InChI is InChI=1S/C4H3Br2NO/c5-1-4-7-3(6)2-8-4/h2H,1H2. The Morgan fingerprint density at radius 3 is 2.75 bits per heavy atom. The van der Waals surface area contributed by atoms with Crippen LogP contribution >= 0.6 is 31.9 Å². The zero-order valence-corrected chi connectivity index (χ0v) is 7.07. The molecule has 0 amide bonds. The summed E-state index contributed by atoms with van der Waals surface area (Å²) in [5.41, 5.74) is 0. The van der Waals surface area contributed by atoms with E-state index >= 15 is 0 Å². The van der Waals surface area contributed by atoms with Crippen molar-refractivity contribution >= 4 is 31.9 Å². The van der Waals surface area contributed by atoms with Crippen LogP contribution in [0.15, 0.2) is 15.3 Å². The lowest BCUT2D eigenvalue weighted by Crippen LogP contribution is -1.71. The van der Waals surface area contributed by atoms with E-state index in [0.717, 1.165) is 4.60 Å². The Bertz CT molecular complexity index is 174. The van der Waals surface area contributed by atoms with E-state index in [-0.39, 0.29) is 0 Å². The number of aromatic nitrogens is 1. The molecule has 1 heterocycles. The molecule has 0 N–H and O–H groups in total. The van der Waals surface area contributed by atoms with Gasteiger partial charge in [0.2, 0.25) is 5.89 Å². The molecule has 0 aliphatic carbocycles. The second kappa shape index (κ2) is 2.64. The number of nitrogens with zero attached hydrogens (tertiary/aromatic N) is 1. The molecule has 0 saturated carbocycles. The van der Waals surface area contributed by atoms with E-state index < -0.39 is 0 Å². The second-order valence-electron chi connectivity index (χ2n) is 1.20. The molecule has 0 aliphatic rings. The molecule has 8 heavy (non-hydrogen) atoms. The van der Waals surface area contributed by atoms with Gasteiger partial charge in [0.05, 0.1) is 5.33 Å². The van der Waals surface area contributed by atoms with Crippen molar-refractivity contribution in [3.63, 3.8) is 0 Å². The van der Waals surface area contributed by atoms with Gasteiger partial charge in [-0.2, -0.15) is 0 Å². The lowest BCUT2D eigenvalue weighted by atomic mass is 10.8. The predicted octanol–water partition coefficient (Wildman–Crippen LogP) is 2.33. The van der Waals surface area contributed by atoms with Crippen molar-refractivity contribution in [1.82, 2.24) is 4.98 Å². The van der Waals surface area contributed by atoms with Crippen LogP contribution in [-0.4, -0.2) is 4.98 Å². The van der Waals surface area contributed by atoms with Crippen molar-refractivity contribution < 1.29 is 4.42 Å². The summed E-state index contributed by atoms with van der Waals surface area (Å²) in [5.74, 6) is 0.692. The fourth-order valence-electron chi connectivity index (χ4n) is 0.350. The highest BCUT2D eigenvalue weighted by atomic mass is 79.9. The predicted molar refractivity (Wildman–Crippen MR) is 36.8 cm³/mol. The summed E-state index contributed by atoms with van der Waals surface area (Å²) in [6.45, 7) is 0. The summed E-state index contributed by atoms with van der Waals surface area (Å²) in [7, 11) is 0. The Morgan fingerprint density at radius 1 is 1.75 bits per heavy atom. The molecule has 2 nitrogen and oxygen atoms in total. The normalized spacial score (nSPS) is 9.75. The molecular weight excluding hydrogens is 238 g/mol. The molecule has 0 saturated heterocycles. The number of hydrogen-bond donors (Lipinski definition) is 0. The fourth-order valence-corrected chi connectivity index (χ4v) is 0.899. The zero-order chi connectivity index (χ0) is 5.98. The summed E-state index contributed by atoms with van der Waals surface area (Å²) < 4.78 is 5.65. The van der Waals surface area contributed by atoms with Crippen LogP contribution in [0.4, 0.5) is 0 Å². The molecular formula is C4H3Br2NO. The monoisotopic (exact) mass is 239 g/mol. The Morgan fingerprint density at radius 2 is 2.50 bits per heavy atom. The van der Waals surface area contributed by atoms with Gasteiger partial charge in [0, 0.05) is 0 Å². The third-order valence-corrected chi connectivity index (χ3v) is 1.48. The molecule has 1 aromatic rings. The van der Waals surface area contributed by atoms with E-state index in [0.29, 0.717) is 11.2 Å². The molecule has 4 heteroatoms. The Hall–Kier alpha value is 0.170. The summed E-state index contributed by atoms with van der Waals surface area (Å²) in [6, 6.07) is 0. The van der Waals surface area contributed by atoms with Crippen molar-refractivity contribution in [3.05, 3.63) is 16.8 Å². The van der Waals surface area contributed by atoms with E-state index in [4.69, 9.17) is 4.42 Å². The van der Waals surface area contributed by atoms with Gasteiger partial charge in [0.1, 0.15) is 10.9 Å². The highest BCUT2D eigenvalue weighted by Crippen LogP contribution is 2.10. The minimum Gasteiger partial charge on any atom is -0.447 e. The van der Waals surface area contributed by atoms with Crippen LogP contribution in [0, 0.1) is 0 Å². The van der Waals surface area contributed by atoms with Gasteiger partial charge in [0.25, 0.3) is 0 Å². The SMILES string of the molecule is BrCc1nc(Br)co1. The molecule has 0 radical (unpaired) electrons. The van der Waals surface area contributed by atoms with E-state index in [1.54, 1.807) is 6.26 Å². The van der Waals surface area contributed by atoms with Gasteiger partial charge in [-0.15, -0.1) is 0 Å². The number of rotatable bonds is 1. The first kappa shape index (κ1) is 6.29. The molecule has 0 bridgehead atoms. The van der Waals surface area contributed by atoms with Crippen molar-refractivity contribution in [1.29, 1.82) is 0 Å². The average Bonchev–Trinajstić information content (AvgIpc) is 2.14. The van der Waals surface area contributed by atoms with Gasteiger partial charge in [-0.3, -0.25) is 0 Å². The number of oxazole rings is 1. The van der Waals surface area contributed by atoms with Crippen molar-refractivity contribution in [2.24, 2.45) is 0 Å². The van der Waals surface area contributed by atoms with Crippen LogP contribution in [0.3, 0.4) is 0 Å². The summed E-state index contributed by atoms with van der Waals surface area (Å²) in [4.78, 5) is 3.93. The summed E-state index contributed by atoms with van der Waals surface area (Å²) in [6.07, 6.45) is 1.55. The van der Waals surface area contributed by atoms with E-state index in [1.807, 2.05) is 0 Å². The van der Waals surface area contributed by atoms with Crippen molar-refractivity contribution in [2.75, 3.05) is 0 Å². The first-order chi connectivity index (χ1) is 3.83. The Balaban J connectivity index is 2.84.